The van der Waals surface area contributed by atoms with E-state index in [9.17, 15) is 9.59 Å². The molecule has 49 heavy (non-hydrogen) atoms. The van der Waals surface area contributed by atoms with E-state index in [0.717, 1.165) is 31.4 Å². The third-order valence-corrected chi connectivity index (χ3v) is 12.2. The molecule has 0 amide bonds. The molecule has 0 aromatic carbocycles. The van der Waals surface area contributed by atoms with E-state index in [1.54, 1.807) is 6.07 Å². The largest absolute Gasteiger partial charge is 0.331 e. The van der Waals surface area contributed by atoms with Gasteiger partial charge in [-0.2, -0.15) is 0 Å². The van der Waals surface area contributed by atoms with Gasteiger partial charge in [0, 0.05) is 24.8 Å². The van der Waals surface area contributed by atoms with Gasteiger partial charge in [-0.25, -0.2) is 4.79 Å². The van der Waals surface area contributed by atoms with Crippen LogP contribution in [0.4, 0.5) is 0 Å². The molecule has 0 aliphatic heterocycles. The van der Waals surface area contributed by atoms with E-state index in [0.29, 0.717) is 13.1 Å². The fourth-order valence-corrected chi connectivity index (χ4v) is 8.09. The molecule has 1 aromatic rings. The number of nitrogens with zero attached hydrogens (tertiary/aromatic N) is 4. The minimum absolute atomic E-state index is 0.103. The van der Waals surface area contributed by atoms with Gasteiger partial charge in [0.2, 0.25) is 0 Å². The summed E-state index contributed by atoms with van der Waals surface area (Å²) in [4.78, 5) is 26.3. The summed E-state index contributed by atoms with van der Waals surface area (Å²) in [6.45, 7) is 27.1. The van der Waals surface area contributed by atoms with Crippen LogP contribution in [0.5, 0.6) is 0 Å². The monoisotopic (exact) mass is 691 g/mol. The van der Waals surface area contributed by atoms with E-state index in [-0.39, 0.29) is 11.2 Å². The number of hydrogen-bond acceptors (Lipinski definition) is 2. The molecule has 1 aromatic heterocycles. The second-order valence-electron chi connectivity index (χ2n) is 15.6. The van der Waals surface area contributed by atoms with Crippen LogP contribution in [0.2, 0.25) is 0 Å². The van der Waals surface area contributed by atoms with Gasteiger partial charge in [0.1, 0.15) is 0 Å². The summed E-state index contributed by atoms with van der Waals surface area (Å²) in [5.41, 5.74) is 0.575. The summed E-state index contributed by atoms with van der Waals surface area (Å²) in [6.07, 6.45) is 28.6. The van der Waals surface area contributed by atoms with Crippen molar-refractivity contribution < 1.29 is 8.97 Å². The number of unbranched alkanes of at least 4 members (excludes halogenated alkanes) is 18. The molecule has 1 rings (SSSR count). The van der Waals surface area contributed by atoms with Crippen LogP contribution in [0.15, 0.2) is 15.7 Å². The first-order valence-corrected chi connectivity index (χ1v) is 21.8. The first kappa shape index (κ1) is 45.6. The zero-order chi connectivity index (χ0) is 36.2. The third-order valence-electron chi connectivity index (χ3n) is 12.2. The Bertz CT molecular complexity index is 1040. The Balaban J connectivity index is 2.49. The molecule has 6 heteroatoms. The van der Waals surface area contributed by atoms with Crippen LogP contribution in [-0.2, 0) is 13.1 Å². The summed E-state index contributed by atoms with van der Waals surface area (Å²) < 4.78 is 5.82. The van der Waals surface area contributed by atoms with Gasteiger partial charge in [-0.3, -0.25) is 13.9 Å². The fraction of sp³-hybridized carbons (Fsp3) is 0.907. The molecule has 0 radical (unpaired) electrons. The Labute approximate surface area is 305 Å². The molecule has 0 saturated carbocycles. The van der Waals surface area contributed by atoms with Crippen LogP contribution in [0.25, 0.3) is 0 Å². The van der Waals surface area contributed by atoms with Crippen molar-refractivity contribution in [1.82, 2.24) is 9.13 Å². The van der Waals surface area contributed by atoms with E-state index < -0.39 is 0 Å². The standard InChI is InChI=1S/C43H86N4O2/c1-8-14-16-18-20-22-24-30-36-46(10-3,11-4)38-32-26-28-34-44-41(7)40-42(48)45(43(44)49)35-29-27-33-39-47(12-5,13-6)37-31-25-23-21-19-17-15-9-2/h40H,8-39H2,1-7H3/q+2. The Morgan fingerprint density at radius 1 is 0.429 bits per heavy atom. The number of aromatic nitrogens is 2. The normalized spacial score (nSPS) is 12.3. The maximum atomic E-state index is 13.5. The van der Waals surface area contributed by atoms with Crippen molar-refractivity contribution >= 4 is 0 Å². The molecule has 0 atom stereocenters. The Kier molecular flexibility index (Phi) is 26.3. The summed E-state index contributed by atoms with van der Waals surface area (Å²) in [5.74, 6) is 0. The molecule has 1 heterocycles. The molecular weight excluding hydrogens is 604 g/mol. The molecule has 6 nitrogen and oxygen atoms in total. The first-order chi connectivity index (χ1) is 23.8. The van der Waals surface area contributed by atoms with E-state index in [2.05, 4.69) is 41.5 Å². The molecule has 0 fully saturated rings. The van der Waals surface area contributed by atoms with Gasteiger partial charge < -0.3 is 8.97 Å². The van der Waals surface area contributed by atoms with Crippen LogP contribution < -0.4 is 11.2 Å². The summed E-state index contributed by atoms with van der Waals surface area (Å²) in [5, 5.41) is 0. The zero-order valence-corrected chi connectivity index (χ0v) is 34.3. The molecule has 0 aliphatic rings. The van der Waals surface area contributed by atoms with Crippen molar-refractivity contribution in [2.45, 2.75) is 203 Å². The van der Waals surface area contributed by atoms with Crippen molar-refractivity contribution in [1.29, 1.82) is 0 Å². The summed E-state index contributed by atoms with van der Waals surface area (Å²) >= 11 is 0. The Hall–Kier alpha value is -1.40. The number of rotatable bonds is 34. The maximum Gasteiger partial charge on any atom is 0.331 e. The summed E-state index contributed by atoms with van der Waals surface area (Å²) in [6, 6.07) is 1.68. The summed E-state index contributed by atoms with van der Waals surface area (Å²) in [7, 11) is 0. The van der Waals surface area contributed by atoms with Crippen LogP contribution in [0, 0.1) is 6.92 Å². The molecule has 0 saturated heterocycles. The average molecular weight is 691 g/mol. The quantitative estimate of drug-likeness (QED) is 0.0534. The van der Waals surface area contributed by atoms with Gasteiger partial charge in [0.05, 0.1) is 52.4 Å². The van der Waals surface area contributed by atoms with Gasteiger partial charge in [0.15, 0.2) is 0 Å². The minimum Gasteiger partial charge on any atom is -0.324 e. The molecule has 0 aliphatic carbocycles. The Morgan fingerprint density at radius 2 is 0.735 bits per heavy atom. The van der Waals surface area contributed by atoms with Crippen molar-refractivity contribution in [2.75, 3.05) is 52.4 Å². The van der Waals surface area contributed by atoms with Crippen LogP contribution in [0.3, 0.4) is 0 Å². The minimum atomic E-state index is -0.130. The SMILES string of the molecule is CCCCCCCCCC[N+](CC)(CC)CCCCCn1c(C)cc(=O)n(CCCCC[N+](CC)(CC)CCCCCCCCCC)c1=O. The molecular formula is C43H86N4O2+2. The highest BCUT2D eigenvalue weighted by Gasteiger charge is 2.23. The Morgan fingerprint density at radius 3 is 1.08 bits per heavy atom. The molecule has 0 unspecified atom stereocenters. The van der Waals surface area contributed by atoms with E-state index in [4.69, 9.17) is 0 Å². The molecule has 0 spiro atoms. The number of quaternary nitrogens is 2. The topological polar surface area (TPSA) is 44.0 Å². The van der Waals surface area contributed by atoms with Crippen molar-refractivity contribution in [2.24, 2.45) is 0 Å². The van der Waals surface area contributed by atoms with E-state index in [1.807, 2.05) is 11.5 Å². The molecule has 0 N–H and O–H groups in total. The highest BCUT2D eigenvalue weighted by molar-refractivity contribution is 5.00. The molecule has 288 valence electrons. The van der Waals surface area contributed by atoms with E-state index in [1.165, 1.54) is 181 Å². The van der Waals surface area contributed by atoms with Gasteiger partial charge in [-0.15, -0.1) is 0 Å². The predicted molar refractivity (Wildman–Crippen MR) is 215 cm³/mol. The van der Waals surface area contributed by atoms with Crippen LogP contribution in [0.1, 0.15) is 188 Å². The second kappa shape index (κ2) is 28.2. The van der Waals surface area contributed by atoms with Crippen molar-refractivity contribution in [3.63, 3.8) is 0 Å². The average Bonchev–Trinajstić information content (AvgIpc) is 3.11. The lowest BCUT2D eigenvalue weighted by atomic mass is 10.1. The van der Waals surface area contributed by atoms with Gasteiger partial charge >= 0.3 is 5.69 Å². The van der Waals surface area contributed by atoms with E-state index >= 15 is 0 Å². The lowest BCUT2D eigenvalue weighted by Gasteiger charge is -2.37. The fourth-order valence-electron chi connectivity index (χ4n) is 8.09. The van der Waals surface area contributed by atoms with Crippen LogP contribution >= 0.6 is 0 Å². The second-order valence-corrected chi connectivity index (χ2v) is 15.6. The maximum absolute atomic E-state index is 13.5. The zero-order valence-electron chi connectivity index (χ0n) is 34.3. The number of aryl methyl sites for hydroxylation is 1. The van der Waals surface area contributed by atoms with Gasteiger partial charge in [0.25, 0.3) is 5.56 Å². The first-order valence-electron chi connectivity index (χ1n) is 21.8. The highest BCUT2D eigenvalue weighted by Crippen LogP contribution is 2.17. The predicted octanol–water partition coefficient (Wildman–Crippen LogP) is 10.7. The number of hydrogen-bond donors (Lipinski definition) is 0. The van der Waals surface area contributed by atoms with Crippen molar-refractivity contribution in [3.8, 4) is 0 Å². The van der Waals surface area contributed by atoms with Gasteiger partial charge in [-0.1, -0.05) is 90.9 Å². The highest BCUT2D eigenvalue weighted by atomic mass is 16.2. The van der Waals surface area contributed by atoms with Gasteiger partial charge in [-0.05, 0) is 98.8 Å². The third kappa shape index (κ3) is 18.6. The lowest BCUT2D eigenvalue weighted by molar-refractivity contribution is -0.925. The lowest BCUT2D eigenvalue weighted by Crippen LogP contribution is -2.49. The smallest absolute Gasteiger partial charge is 0.324 e. The molecule has 0 bridgehead atoms. The van der Waals surface area contributed by atoms with Crippen LogP contribution in [-0.4, -0.2) is 70.5 Å². The van der Waals surface area contributed by atoms with Crippen molar-refractivity contribution in [3.05, 3.63) is 32.6 Å².